The minimum absolute atomic E-state index is 0.00260. The number of thioether (sulfide) groups is 2. The largest absolute Gasteiger partial charge is 0.369 e. The second kappa shape index (κ2) is 7.28. The third-order valence-electron chi connectivity index (χ3n) is 3.58. The van der Waals surface area contributed by atoms with Crippen molar-refractivity contribution in [3.05, 3.63) is 60.7 Å². The molecule has 0 bridgehead atoms. The maximum atomic E-state index is 6.38. The molecule has 2 saturated heterocycles. The first-order valence-electron chi connectivity index (χ1n) is 7.70. The number of benzene rings is 2. The summed E-state index contributed by atoms with van der Waals surface area (Å²) in [5.41, 5.74) is 0.00521. The van der Waals surface area contributed by atoms with Gasteiger partial charge in [0.2, 0.25) is 0 Å². The van der Waals surface area contributed by atoms with Crippen molar-refractivity contribution in [3.8, 4) is 0 Å². The molecule has 0 saturated carbocycles. The zero-order chi connectivity index (χ0) is 15.5. The van der Waals surface area contributed by atoms with Crippen LogP contribution in [-0.4, -0.2) is 36.3 Å². The summed E-state index contributed by atoms with van der Waals surface area (Å²) in [6, 6.07) is 20.7. The van der Waals surface area contributed by atoms with E-state index in [4.69, 9.17) is 14.2 Å². The van der Waals surface area contributed by atoms with E-state index in [1.165, 1.54) is 9.79 Å². The Balaban J connectivity index is 1.43. The Morgan fingerprint density at radius 3 is 1.48 bits per heavy atom. The Hall–Kier alpha value is -0.980. The molecule has 5 heteroatoms. The zero-order valence-electron chi connectivity index (χ0n) is 12.5. The third-order valence-corrected chi connectivity index (χ3v) is 5.97. The highest BCUT2D eigenvalue weighted by Gasteiger charge is 2.41. The highest BCUT2D eigenvalue weighted by atomic mass is 32.2. The van der Waals surface area contributed by atoms with Crippen LogP contribution in [0.25, 0.3) is 0 Å². The summed E-state index contributed by atoms with van der Waals surface area (Å²) >= 11 is 3.45. The van der Waals surface area contributed by atoms with Crippen LogP contribution in [0.2, 0.25) is 0 Å². The molecule has 0 N–H and O–H groups in total. The molecule has 120 valence electrons. The molecule has 2 aromatic carbocycles. The summed E-state index contributed by atoms with van der Waals surface area (Å²) in [4.78, 5) is 2.40. The molecule has 4 rings (SSSR count). The first-order valence-corrected chi connectivity index (χ1v) is 9.46. The maximum Gasteiger partial charge on any atom is 0.137 e. The van der Waals surface area contributed by atoms with Gasteiger partial charge in [0.1, 0.15) is 23.1 Å². The van der Waals surface area contributed by atoms with Crippen LogP contribution in [0.1, 0.15) is 0 Å². The molecule has 0 spiro atoms. The molecule has 23 heavy (non-hydrogen) atoms. The molecule has 4 atom stereocenters. The second-order valence-corrected chi connectivity index (χ2v) is 7.82. The van der Waals surface area contributed by atoms with Crippen molar-refractivity contribution in [1.82, 2.24) is 0 Å². The molecule has 2 aliphatic rings. The normalized spacial score (nSPS) is 24.9. The number of hydrogen-bond acceptors (Lipinski definition) is 5. The molecule has 0 aromatic heterocycles. The van der Waals surface area contributed by atoms with Crippen LogP contribution in [0, 0.1) is 0 Å². The number of hydrogen-bond donors (Lipinski definition) is 0. The summed E-state index contributed by atoms with van der Waals surface area (Å²) in [7, 11) is 0. The summed E-state index contributed by atoms with van der Waals surface area (Å²) in [5, 5.41) is 0. The molecule has 3 nitrogen and oxygen atoms in total. The Labute approximate surface area is 144 Å². The summed E-state index contributed by atoms with van der Waals surface area (Å²) in [6.07, 6.45) is 0.357. The lowest BCUT2D eigenvalue weighted by atomic mass is 10.4. The van der Waals surface area contributed by atoms with E-state index in [2.05, 4.69) is 24.3 Å². The van der Waals surface area contributed by atoms with Crippen molar-refractivity contribution >= 4 is 23.5 Å². The fourth-order valence-corrected chi connectivity index (χ4v) is 4.41. The van der Waals surface area contributed by atoms with Crippen molar-refractivity contribution < 1.29 is 14.2 Å². The lowest BCUT2D eigenvalue weighted by Crippen LogP contribution is -2.25. The van der Waals surface area contributed by atoms with Gasteiger partial charge in [-0.1, -0.05) is 59.9 Å². The van der Waals surface area contributed by atoms with Gasteiger partial charge >= 0.3 is 0 Å². The first kappa shape index (κ1) is 15.5. The second-order valence-electron chi connectivity index (χ2n) is 5.48. The highest BCUT2D eigenvalue weighted by Crippen LogP contribution is 2.39. The van der Waals surface area contributed by atoms with Gasteiger partial charge in [0.05, 0.1) is 13.2 Å². The smallest absolute Gasteiger partial charge is 0.137 e. The molecule has 2 fully saturated rings. The third kappa shape index (κ3) is 4.52. The fourth-order valence-electron chi connectivity index (χ4n) is 2.21. The monoisotopic (exact) mass is 346 g/mol. The average Bonchev–Trinajstić information content (AvgIpc) is 3.49. The van der Waals surface area contributed by atoms with Gasteiger partial charge in [0.15, 0.2) is 0 Å². The lowest BCUT2D eigenvalue weighted by Gasteiger charge is -2.22. The van der Waals surface area contributed by atoms with Crippen LogP contribution in [0.4, 0.5) is 0 Å². The van der Waals surface area contributed by atoms with Crippen LogP contribution in [0.3, 0.4) is 0 Å². The minimum atomic E-state index is 0.00260. The van der Waals surface area contributed by atoms with Crippen LogP contribution in [0.5, 0.6) is 0 Å². The van der Waals surface area contributed by atoms with Crippen LogP contribution in [0.15, 0.2) is 70.5 Å². The SMILES string of the molecule is c1ccc(SC(OC(Sc2ccccc2)C2CO2)C2CO2)cc1. The van der Waals surface area contributed by atoms with Crippen molar-refractivity contribution in [2.24, 2.45) is 0 Å². The van der Waals surface area contributed by atoms with Gasteiger partial charge in [-0.3, -0.25) is 0 Å². The van der Waals surface area contributed by atoms with Gasteiger partial charge in [-0.2, -0.15) is 0 Å². The molecule has 0 amide bonds. The van der Waals surface area contributed by atoms with Crippen LogP contribution in [-0.2, 0) is 14.2 Å². The molecular formula is C18H18O3S2. The topological polar surface area (TPSA) is 34.3 Å². The van der Waals surface area contributed by atoms with Gasteiger partial charge in [-0.25, -0.2) is 0 Å². The number of ether oxygens (including phenoxy) is 3. The van der Waals surface area contributed by atoms with E-state index in [1.54, 1.807) is 23.5 Å². The van der Waals surface area contributed by atoms with E-state index in [9.17, 15) is 0 Å². The molecule has 0 aliphatic carbocycles. The van der Waals surface area contributed by atoms with E-state index in [0.717, 1.165) is 13.2 Å². The summed E-state index contributed by atoms with van der Waals surface area (Å²) in [6.45, 7) is 1.55. The Morgan fingerprint density at radius 2 is 1.13 bits per heavy atom. The lowest BCUT2D eigenvalue weighted by molar-refractivity contribution is 0.0575. The molecule has 2 heterocycles. The predicted octanol–water partition coefficient (Wildman–Crippen LogP) is 4.04. The molecule has 4 unspecified atom stereocenters. The zero-order valence-corrected chi connectivity index (χ0v) is 14.2. The number of rotatable bonds is 8. The van der Waals surface area contributed by atoms with E-state index >= 15 is 0 Å². The van der Waals surface area contributed by atoms with Crippen molar-refractivity contribution in [2.75, 3.05) is 13.2 Å². The van der Waals surface area contributed by atoms with Crippen LogP contribution < -0.4 is 0 Å². The number of epoxide rings is 2. The van der Waals surface area contributed by atoms with Gasteiger partial charge in [0, 0.05) is 9.79 Å². The highest BCUT2D eigenvalue weighted by molar-refractivity contribution is 8.00. The Morgan fingerprint density at radius 1 is 0.739 bits per heavy atom. The average molecular weight is 346 g/mol. The quantitative estimate of drug-likeness (QED) is 0.409. The molecular weight excluding hydrogens is 328 g/mol. The van der Waals surface area contributed by atoms with Gasteiger partial charge in [0.25, 0.3) is 0 Å². The van der Waals surface area contributed by atoms with Gasteiger partial charge in [-0.05, 0) is 24.3 Å². The van der Waals surface area contributed by atoms with E-state index in [0.29, 0.717) is 0 Å². The van der Waals surface area contributed by atoms with E-state index < -0.39 is 0 Å². The maximum absolute atomic E-state index is 6.38. The van der Waals surface area contributed by atoms with Gasteiger partial charge < -0.3 is 14.2 Å². The summed E-state index contributed by atoms with van der Waals surface area (Å²) < 4.78 is 17.4. The molecule has 2 aliphatic heterocycles. The fraction of sp³-hybridized carbons (Fsp3) is 0.333. The molecule has 2 aromatic rings. The van der Waals surface area contributed by atoms with Crippen molar-refractivity contribution in [3.63, 3.8) is 0 Å². The predicted molar refractivity (Wildman–Crippen MR) is 92.7 cm³/mol. The van der Waals surface area contributed by atoms with E-state index in [1.807, 2.05) is 36.4 Å². The van der Waals surface area contributed by atoms with Crippen LogP contribution >= 0.6 is 23.5 Å². The Kier molecular flexibility index (Phi) is 4.92. The first-order chi connectivity index (χ1) is 11.4. The van der Waals surface area contributed by atoms with E-state index in [-0.39, 0.29) is 23.1 Å². The van der Waals surface area contributed by atoms with Crippen molar-refractivity contribution in [2.45, 2.75) is 32.9 Å². The molecule has 0 radical (unpaired) electrons. The minimum Gasteiger partial charge on any atom is -0.369 e. The van der Waals surface area contributed by atoms with Crippen molar-refractivity contribution in [1.29, 1.82) is 0 Å². The Bertz CT molecular complexity index is 559. The summed E-state index contributed by atoms with van der Waals surface area (Å²) in [5.74, 6) is 0. The van der Waals surface area contributed by atoms with Gasteiger partial charge in [-0.15, -0.1) is 0 Å². The standard InChI is InChI=1S/C18H18O3S2/c1-3-7-13(8-4-1)22-17(15-11-19-15)21-18(16-12-20-16)23-14-9-5-2-6-10-14/h1-10,15-18H,11-12H2.